The predicted molar refractivity (Wildman–Crippen MR) is 132 cm³/mol. The lowest BCUT2D eigenvalue weighted by atomic mass is 9.84. The molecule has 170 valence electrons. The highest BCUT2D eigenvalue weighted by Crippen LogP contribution is 2.31. The molecule has 0 bridgehead atoms. The van der Waals surface area contributed by atoms with Crippen LogP contribution in [0.2, 0.25) is 0 Å². The Morgan fingerprint density at radius 2 is 1.66 bits per heavy atom. The summed E-state index contributed by atoms with van der Waals surface area (Å²) in [7, 11) is 2.25. The number of likely N-dealkylation sites (tertiary alicyclic amines) is 2. The van der Waals surface area contributed by atoms with E-state index >= 15 is 0 Å². The third-order valence-electron chi connectivity index (χ3n) is 6.64. The molecule has 0 amide bonds. The summed E-state index contributed by atoms with van der Waals surface area (Å²) in [6, 6.07) is 0. The first-order valence-electron chi connectivity index (χ1n) is 11.5. The summed E-state index contributed by atoms with van der Waals surface area (Å²) in [5.74, 6) is 0.978. The summed E-state index contributed by atoms with van der Waals surface area (Å²) >= 11 is 0. The fraction of sp³-hybridized carbons (Fsp3) is 0.952. The van der Waals surface area contributed by atoms with Gasteiger partial charge in [-0.05, 0) is 65.8 Å². The van der Waals surface area contributed by atoms with Gasteiger partial charge in [-0.25, -0.2) is 0 Å². The lowest BCUT2D eigenvalue weighted by Gasteiger charge is -2.49. The highest BCUT2D eigenvalue weighted by atomic mass is 127. The van der Waals surface area contributed by atoms with Gasteiger partial charge in [-0.15, -0.1) is 24.0 Å². The van der Waals surface area contributed by atoms with Crippen LogP contribution in [0.15, 0.2) is 4.99 Å². The summed E-state index contributed by atoms with van der Waals surface area (Å²) in [6.07, 6.45) is 6.56. The van der Waals surface area contributed by atoms with Gasteiger partial charge >= 0.3 is 0 Å². The molecular weight excluding hydrogens is 479 g/mol. The average molecular weight is 523 g/mol. The molecule has 0 atom stereocenters. The molecule has 3 heterocycles. The number of nitrogens with zero attached hydrogens (tertiary/aromatic N) is 4. The lowest BCUT2D eigenvalue weighted by Crippen LogP contribution is -2.58. The van der Waals surface area contributed by atoms with Gasteiger partial charge in [0.2, 0.25) is 0 Å². The van der Waals surface area contributed by atoms with Gasteiger partial charge in [-0.3, -0.25) is 14.8 Å². The van der Waals surface area contributed by atoms with Gasteiger partial charge in [0.25, 0.3) is 0 Å². The van der Waals surface area contributed by atoms with Gasteiger partial charge in [0, 0.05) is 38.3 Å². The number of hydrogen-bond donors (Lipinski definition) is 2. The predicted octanol–water partition coefficient (Wildman–Crippen LogP) is 1.44. The molecule has 3 fully saturated rings. The first kappa shape index (κ1) is 25.1. The van der Waals surface area contributed by atoms with Crippen LogP contribution in [0.1, 0.15) is 39.0 Å². The minimum atomic E-state index is 0. The molecule has 7 nitrogen and oxygen atoms in total. The van der Waals surface area contributed by atoms with Crippen LogP contribution in [0, 0.1) is 0 Å². The van der Waals surface area contributed by atoms with E-state index in [1.54, 1.807) is 0 Å². The van der Waals surface area contributed by atoms with E-state index < -0.39 is 0 Å². The zero-order valence-corrected chi connectivity index (χ0v) is 21.0. The van der Waals surface area contributed by atoms with Crippen molar-refractivity contribution in [1.82, 2.24) is 25.3 Å². The van der Waals surface area contributed by atoms with Crippen LogP contribution in [0.3, 0.4) is 0 Å². The molecule has 0 unspecified atom stereocenters. The first-order chi connectivity index (χ1) is 13.7. The topological polar surface area (TPSA) is 55.4 Å². The van der Waals surface area contributed by atoms with Crippen molar-refractivity contribution >= 4 is 29.9 Å². The molecule has 0 aliphatic carbocycles. The molecule has 3 rings (SSSR count). The van der Waals surface area contributed by atoms with E-state index in [0.717, 1.165) is 58.4 Å². The number of guanidine groups is 1. The SMILES string of the molecule is CCNC(=NCC1(N2CCCCC2)CCN(C)CC1)NCCN1CCOCC1.I. The van der Waals surface area contributed by atoms with Crippen LogP contribution in [-0.2, 0) is 4.74 Å². The molecular formula is C21H43IN6O. The normalized spacial score (nSPS) is 24.7. The highest BCUT2D eigenvalue weighted by molar-refractivity contribution is 14.0. The number of ether oxygens (including phenoxy) is 1. The van der Waals surface area contributed by atoms with Gasteiger partial charge in [0.05, 0.1) is 19.8 Å². The largest absolute Gasteiger partial charge is 0.379 e. The van der Waals surface area contributed by atoms with E-state index in [1.807, 2.05) is 0 Å². The van der Waals surface area contributed by atoms with Gasteiger partial charge in [0.1, 0.15) is 0 Å². The van der Waals surface area contributed by atoms with Crippen LogP contribution < -0.4 is 10.6 Å². The Balaban J connectivity index is 0.00000300. The Hall–Kier alpha value is -0.160. The number of rotatable bonds is 7. The van der Waals surface area contributed by atoms with Crippen molar-refractivity contribution in [3.05, 3.63) is 0 Å². The standard InChI is InChI=1S/C21H42N6O.HI/c1-3-22-20(23-9-14-26-15-17-28-18-16-26)24-19-21(7-12-25(2)13-8-21)27-10-5-4-6-11-27;/h3-19H2,1-2H3,(H2,22,23,24);1H. The van der Waals surface area contributed by atoms with Crippen molar-refractivity contribution in [1.29, 1.82) is 0 Å². The zero-order chi connectivity index (χ0) is 19.7. The maximum atomic E-state index is 5.44. The number of nitrogens with one attached hydrogen (secondary N) is 2. The van der Waals surface area contributed by atoms with Crippen LogP contribution in [0.25, 0.3) is 0 Å². The Kier molecular flexibility index (Phi) is 11.5. The number of morpholine rings is 1. The molecule has 3 aliphatic heterocycles. The second-order valence-electron chi connectivity index (χ2n) is 8.65. The molecule has 0 aromatic carbocycles. The molecule has 0 aromatic heterocycles. The molecule has 0 aromatic rings. The smallest absolute Gasteiger partial charge is 0.191 e. The Labute approximate surface area is 195 Å². The molecule has 29 heavy (non-hydrogen) atoms. The second kappa shape index (κ2) is 13.3. The van der Waals surface area contributed by atoms with Crippen molar-refractivity contribution in [2.45, 2.75) is 44.6 Å². The number of hydrogen-bond acceptors (Lipinski definition) is 5. The molecule has 0 radical (unpaired) electrons. The fourth-order valence-corrected chi connectivity index (χ4v) is 4.70. The van der Waals surface area contributed by atoms with Gasteiger partial charge in [0.15, 0.2) is 5.96 Å². The Morgan fingerprint density at radius 3 is 2.31 bits per heavy atom. The van der Waals surface area contributed by atoms with Gasteiger partial charge in [-0.2, -0.15) is 0 Å². The number of halogens is 1. The van der Waals surface area contributed by atoms with E-state index in [9.17, 15) is 0 Å². The van der Waals surface area contributed by atoms with Crippen molar-refractivity contribution in [3.63, 3.8) is 0 Å². The van der Waals surface area contributed by atoms with Crippen LogP contribution >= 0.6 is 24.0 Å². The summed E-state index contributed by atoms with van der Waals surface area (Å²) in [4.78, 5) is 12.8. The molecule has 3 aliphatic rings. The summed E-state index contributed by atoms with van der Waals surface area (Å²) < 4.78 is 5.44. The Morgan fingerprint density at radius 1 is 0.966 bits per heavy atom. The third-order valence-corrected chi connectivity index (χ3v) is 6.64. The minimum absolute atomic E-state index is 0. The number of piperidine rings is 2. The molecule has 8 heteroatoms. The minimum Gasteiger partial charge on any atom is -0.379 e. The number of aliphatic imine (C=N–C) groups is 1. The van der Waals surface area contributed by atoms with Crippen LogP contribution in [0.4, 0.5) is 0 Å². The molecule has 0 saturated carbocycles. The molecule has 0 spiro atoms. The van der Waals surface area contributed by atoms with Gasteiger partial charge in [-0.1, -0.05) is 6.42 Å². The molecule has 2 N–H and O–H groups in total. The van der Waals surface area contributed by atoms with Crippen molar-refractivity contribution < 1.29 is 4.74 Å². The third kappa shape index (κ3) is 7.79. The van der Waals surface area contributed by atoms with E-state index in [0.29, 0.717) is 0 Å². The monoisotopic (exact) mass is 522 g/mol. The van der Waals surface area contributed by atoms with Gasteiger partial charge < -0.3 is 20.3 Å². The van der Waals surface area contributed by atoms with E-state index in [2.05, 4.69) is 39.3 Å². The summed E-state index contributed by atoms with van der Waals surface area (Å²) in [5.41, 5.74) is 0.249. The Bertz CT molecular complexity index is 472. The maximum Gasteiger partial charge on any atom is 0.191 e. The van der Waals surface area contributed by atoms with E-state index in [4.69, 9.17) is 9.73 Å². The lowest BCUT2D eigenvalue weighted by molar-refractivity contribution is 0.0208. The van der Waals surface area contributed by atoms with Crippen molar-refractivity contribution in [2.24, 2.45) is 4.99 Å². The van der Waals surface area contributed by atoms with E-state index in [1.165, 1.54) is 58.3 Å². The highest BCUT2D eigenvalue weighted by Gasteiger charge is 2.39. The average Bonchev–Trinajstić information content (AvgIpc) is 2.75. The van der Waals surface area contributed by atoms with Crippen molar-refractivity contribution in [3.8, 4) is 0 Å². The van der Waals surface area contributed by atoms with Crippen LogP contribution in [0.5, 0.6) is 0 Å². The zero-order valence-electron chi connectivity index (χ0n) is 18.6. The van der Waals surface area contributed by atoms with Crippen molar-refractivity contribution in [2.75, 3.05) is 85.7 Å². The van der Waals surface area contributed by atoms with E-state index in [-0.39, 0.29) is 29.5 Å². The summed E-state index contributed by atoms with van der Waals surface area (Å²) in [6.45, 7) is 14.6. The molecule has 3 saturated heterocycles. The summed E-state index contributed by atoms with van der Waals surface area (Å²) in [5, 5.41) is 7.02. The maximum absolute atomic E-state index is 5.44. The fourth-order valence-electron chi connectivity index (χ4n) is 4.70. The quantitative estimate of drug-likeness (QED) is 0.300. The first-order valence-corrected chi connectivity index (χ1v) is 11.5. The second-order valence-corrected chi connectivity index (χ2v) is 8.65. The van der Waals surface area contributed by atoms with Crippen LogP contribution in [-0.4, -0.2) is 112 Å².